The van der Waals surface area contributed by atoms with Crippen molar-refractivity contribution in [1.82, 2.24) is 4.98 Å². The van der Waals surface area contributed by atoms with Gasteiger partial charge in [-0.3, -0.25) is 4.98 Å². The van der Waals surface area contributed by atoms with Crippen molar-refractivity contribution in [2.45, 2.75) is 0 Å². The Morgan fingerprint density at radius 3 is 2.92 bits per heavy atom. The van der Waals surface area contributed by atoms with E-state index in [0.29, 0.717) is 15.2 Å². The summed E-state index contributed by atoms with van der Waals surface area (Å²) in [5, 5.41) is 2.71. The quantitative estimate of drug-likeness (QED) is 0.800. The lowest BCUT2D eigenvalue weighted by Crippen LogP contribution is -2.19. The molecule has 1 aromatic rings. The number of primary amides is 1. The Bertz CT molecular complexity index is 318. The number of nitrogens with zero attached hydrogens (tertiary/aromatic N) is 1. The first-order valence-electron chi connectivity index (χ1n) is 2.96. The average molecular weight is 250 g/mol. The minimum atomic E-state index is -0.670. The van der Waals surface area contributed by atoms with Crippen molar-refractivity contribution in [2.24, 2.45) is 5.73 Å². The van der Waals surface area contributed by atoms with Crippen molar-refractivity contribution in [3.63, 3.8) is 0 Å². The second-order valence-electron chi connectivity index (χ2n) is 1.97. The highest BCUT2D eigenvalue weighted by Gasteiger charge is 2.05. The maximum absolute atomic E-state index is 10.4. The standard InChI is InChI=1S/C6H5BrClN3O/c7-3-1-10-2-4(5(3)8)11-6(9)12/h1-2H,(H3,9,11,12). The number of hydrogen-bond donors (Lipinski definition) is 2. The van der Waals surface area contributed by atoms with Gasteiger partial charge >= 0.3 is 6.03 Å². The molecular formula is C6H5BrClN3O. The van der Waals surface area contributed by atoms with Crippen molar-refractivity contribution >= 4 is 39.2 Å². The monoisotopic (exact) mass is 249 g/mol. The Labute approximate surface area is 82.2 Å². The first kappa shape index (κ1) is 9.28. The Kier molecular flexibility index (Phi) is 2.88. The van der Waals surface area contributed by atoms with Gasteiger partial charge in [-0.15, -0.1) is 0 Å². The van der Waals surface area contributed by atoms with Gasteiger partial charge < -0.3 is 11.1 Å². The van der Waals surface area contributed by atoms with Crippen molar-refractivity contribution in [3.05, 3.63) is 21.9 Å². The van der Waals surface area contributed by atoms with E-state index in [4.69, 9.17) is 17.3 Å². The van der Waals surface area contributed by atoms with E-state index in [1.54, 1.807) is 0 Å². The minimum absolute atomic E-state index is 0.379. The third-order valence-corrected chi connectivity index (χ3v) is 2.33. The van der Waals surface area contributed by atoms with E-state index >= 15 is 0 Å². The van der Waals surface area contributed by atoms with Gasteiger partial charge in [0.25, 0.3) is 0 Å². The molecule has 0 saturated heterocycles. The Balaban J connectivity index is 3.00. The van der Waals surface area contributed by atoms with Crippen LogP contribution in [-0.2, 0) is 0 Å². The number of urea groups is 1. The molecule has 0 unspecified atom stereocenters. The molecule has 6 heteroatoms. The highest BCUT2D eigenvalue weighted by Crippen LogP contribution is 2.28. The molecule has 64 valence electrons. The zero-order valence-electron chi connectivity index (χ0n) is 5.84. The lowest BCUT2D eigenvalue weighted by molar-refractivity contribution is 0.259. The van der Waals surface area contributed by atoms with Crippen molar-refractivity contribution < 1.29 is 4.79 Å². The molecule has 0 radical (unpaired) electrons. The molecule has 1 heterocycles. The van der Waals surface area contributed by atoms with Crippen LogP contribution >= 0.6 is 27.5 Å². The Morgan fingerprint density at radius 2 is 2.33 bits per heavy atom. The minimum Gasteiger partial charge on any atom is -0.351 e. The van der Waals surface area contributed by atoms with E-state index in [1.807, 2.05) is 0 Å². The molecule has 0 atom stereocenters. The molecule has 0 saturated carbocycles. The number of anilines is 1. The Morgan fingerprint density at radius 1 is 1.67 bits per heavy atom. The molecule has 2 amide bonds. The van der Waals surface area contributed by atoms with Crippen LogP contribution in [-0.4, -0.2) is 11.0 Å². The van der Waals surface area contributed by atoms with Crippen LogP contribution in [0.3, 0.4) is 0 Å². The largest absolute Gasteiger partial charge is 0.351 e. The van der Waals surface area contributed by atoms with Gasteiger partial charge in [0, 0.05) is 6.20 Å². The van der Waals surface area contributed by atoms with Crippen LogP contribution in [0.2, 0.25) is 5.02 Å². The van der Waals surface area contributed by atoms with E-state index in [0.717, 1.165) is 0 Å². The summed E-state index contributed by atoms with van der Waals surface area (Å²) >= 11 is 8.93. The lowest BCUT2D eigenvalue weighted by Gasteiger charge is -2.03. The van der Waals surface area contributed by atoms with Gasteiger partial charge in [0.1, 0.15) is 0 Å². The summed E-state index contributed by atoms with van der Waals surface area (Å²) in [6.07, 6.45) is 2.94. The molecule has 3 N–H and O–H groups in total. The zero-order chi connectivity index (χ0) is 9.14. The molecule has 0 aliphatic rings. The number of carbonyl (C=O) groups excluding carboxylic acids is 1. The summed E-state index contributed by atoms with van der Waals surface area (Å²) in [4.78, 5) is 14.2. The van der Waals surface area contributed by atoms with E-state index in [2.05, 4.69) is 26.2 Å². The second-order valence-corrected chi connectivity index (χ2v) is 3.20. The molecule has 0 aromatic carbocycles. The highest BCUT2D eigenvalue weighted by atomic mass is 79.9. The van der Waals surface area contributed by atoms with E-state index < -0.39 is 6.03 Å². The molecule has 1 aromatic heterocycles. The highest BCUT2D eigenvalue weighted by molar-refractivity contribution is 9.10. The third kappa shape index (κ3) is 2.09. The number of amides is 2. The summed E-state index contributed by atoms with van der Waals surface area (Å²) in [6, 6.07) is -0.670. The molecule has 0 aliphatic carbocycles. The van der Waals surface area contributed by atoms with Crippen molar-refractivity contribution in [1.29, 1.82) is 0 Å². The fourth-order valence-electron chi connectivity index (χ4n) is 0.639. The number of nitrogens with one attached hydrogen (secondary N) is 1. The van der Waals surface area contributed by atoms with Crippen molar-refractivity contribution in [3.8, 4) is 0 Å². The van der Waals surface area contributed by atoms with Gasteiger partial charge in [-0.1, -0.05) is 11.6 Å². The van der Waals surface area contributed by atoms with Gasteiger partial charge in [0.15, 0.2) is 0 Å². The second kappa shape index (κ2) is 3.73. The maximum atomic E-state index is 10.4. The first-order valence-corrected chi connectivity index (χ1v) is 4.14. The zero-order valence-corrected chi connectivity index (χ0v) is 8.19. The van der Waals surface area contributed by atoms with Gasteiger partial charge in [0.2, 0.25) is 0 Å². The topological polar surface area (TPSA) is 68.0 Å². The normalized spacial score (nSPS) is 9.50. The third-order valence-electron chi connectivity index (χ3n) is 1.10. The fourth-order valence-corrected chi connectivity index (χ4v) is 1.12. The summed E-state index contributed by atoms with van der Waals surface area (Å²) in [6.45, 7) is 0. The molecular weight excluding hydrogens is 245 g/mol. The van der Waals surface area contributed by atoms with Crippen LogP contribution in [0.1, 0.15) is 0 Å². The number of nitrogens with two attached hydrogens (primary N) is 1. The molecule has 0 spiro atoms. The van der Waals surface area contributed by atoms with Gasteiger partial charge in [0.05, 0.1) is 21.4 Å². The number of carbonyl (C=O) groups is 1. The predicted octanol–water partition coefficient (Wildman–Crippen LogP) is 1.99. The predicted molar refractivity (Wildman–Crippen MR) is 50.2 cm³/mol. The van der Waals surface area contributed by atoms with Crippen LogP contribution < -0.4 is 11.1 Å². The molecule has 1 rings (SSSR count). The summed E-state index contributed by atoms with van der Waals surface area (Å²) in [5.74, 6) is 0. The van der Waals surface area contributed by atoms with E-state index in [9.17, 15) is 4.79 Å². The summed E-state index contributed by atoms with van der Waals surface area (Å²) in [7, 11) is 0. The fraction of sp³-hybridized carbons (Fsp3) is 0. The number of aromatic nitrogens is 1. The number of pyridine rings is 1. The van der Waals surface area contributed by atoms with Crippen LogP contribution in [0.15, 0.2) is 16.9 Å². The van der Waals surface area contributed by atoms with Crippen molar-refractivity contribution in [2.75, 3.05) is 5.32 Å². The van der Waals surface area contributed by atoms with Crippen LogP contribution in [0, 0.1) is 0 Å². The molecule has 0 fully saturated rings. The van der Waals surface area contributed by atoms with Crippen LogP contribution in [0.4, 0.5) is 10.5 Å². The molecule has 4 nitrogen and oxygen atoms in total. The van der Waals surface area contributed by atoms with E-state index in [-0.39, 0.29) is 0 Å². The van der Waals surface area contributed by atoms with Gasteiger partial charge in [-0.2, -0.15) is 0 Å². The van der Waals surface area contributed by atoms with E-state index in [1.165, 1.54) is 12.4 Å². The molecule has 0 bridgehead atoms. The van der Waals surface area contributed by atoms with Gasteiger partial charge in [-0.05, 0) is 15.9 Å². The Hall–Kier alpha value is -0.810. The molecule has 12 heavy (non-hydrogen) atoms. The summed E-state index contributed by atoms with van der Waals surface area (Å²) in [5.41, 5.74) is 5.28. The van der Waals surface area contributed by atoms with Crippen LogP contribution in [0.5, 0.6) is 0 Å². The lowest BCUT2D eigenvalue weighted by atomic mass is 10.4. The van der Waals surface area contributed by atoms with Gasteiger partial charge in [-0.25, -0.2) is 4.79 Å². The number of hydrogen-bond acceptors (Lipinski definition) is 2. The maximum Gasteiger partial charge on any atom is 0.316 e. The number of halogens is 2. The van der Waals surface area contributed by atoms with Crippen LogP contribution in [0.25, 0.3) is 0 Å². The SMILES string of the molecule is NC(=O)Nc1cncc(Br)c1Cl. The smallest absolute Gasteiger partial charge is 0.316 e. The first-order chi connectivity index (χ1) is 5.61. The number of rotatable bonds is 1. The molecule has 0 aliphatic heterocycles. The summed E-state index contributed by atoms with van der Waals surface area (Å²) < 4.78 is 0.607. The average Bonchev–Trinajstić information content (AvgIpc) is 1.98.